The lowest BCUT2D eigenvalue weighted by Crippen LogP contribution is -2.03. The third kappa shape index (κ3) is 4.93. The smallest absolute Gasteiger partial charge is 0.335 e. The minimum absolute atomic E-state index is 0.165. The Morgan fingerprint density at radius 3 is 2.42 bits per heavy atom. The molecular formula is C25H21NO5. The summed E-state index contributed by atoms with van der Waals surface area (Å²) in [5, 5.41) is 10.2. The van der Waals surface area contributed by atoms with Gasteiger partial charge in [0.05, 0.1) is 23.9 Å². The average molecular weight is 415 g/mol. The van der Waals surface area contributed by atoms with E-state index in [9.17, 15) is 4.79 Å². The molecule has 0 atom stereocenters. The van der Waals surface area contributed by atoms with E-state index in [1.54, 1.807) is 12.1 Å². The van der Waals surface area contributed by atoms with Gasteiger partial charge in [-0.2, -0.15) is 0 Å². The van der Waals surface area contributed by atoms with Gasteiger partial charge in [0, 0.05) is 17.0 Å². The number of benzene rings is 3. The number of rotatable bonds is 8. The minimum Gasteiger partial charge on any atom is -0.496 e. The number of hydrogen-bond acceptors (Lipinski definition) is 5. The molecule has 0 aliphatic heterocycles. The molecule has 0 saturated carbocycles. The largest absolute Gasteiger partial charge is 0.496 e. The van der Waals surface area contributed by atoms with Crippen molar-refractivity contribution in [2.24, 2.45) is 0 Å². The van der Waals surface area contributed by atoms with Gasteiger partial charge in [0.15, 0.2) is 0 Å². The summed E-state index contributed by atoms with van der Waals surface area (Å²) in [4.78, 5) is 15.7. The topological polar surface area (TPSA) is 77.9 Å². The molecular weight excluding hydrogens is 394 g/mol. The number of carboxylic acids is 1. The number of carboxylic acid groups (broad SMARTS) is 1. The first-order chi connectivity index (χ1) is 15.1. The Kier molecular flexibility index (Phi) is 5.98. The Bertz CT molecular complexity index is 1220. The summed E-state index contributed by atoms with van der Waals surface area (Å²) in [6.45, 7) is 0.581. The van der Waals surface area contributed by atoms with Crippen molar-refractivity contribution in [1.29, 1.82) is 0 Å². The van der Waals surface area contributed by atoms with Gasteiger partial charge in [0.2, 0.25) is 0 Å². The van der Waals surface area contributed by atoms with Crippen LogP contribution in [0, 0.1) is 0 Å². The highest BCUT2D eigenvalue weighted by atomic mass is 16.5. The molecule has 0 amide bonds. The number of aromatic carboxylic acids is 1. The van der Waals surface area contributed by atoms with Crippen molar-refractivity contribution < 1.29 is 24.1 Å². The lowest BCUT2D eigenvalue weighted by molar-refractivity contribution is 0.0696. The number of carbonyl (C=O) groups is 1. The molecule has 0 fully saturated rings. The van der Waals surface area contributed by atoms with Gasteiger partial charge in [-0.3, -0.25) is 0 Å². The van der Waals surface area contributed by atoms with E-state index in [0.29, 0.717) is 23.9 Å². The molecule has 0 saturated heterocycles. The lowest BCUT2D eigenvalue weighted by atomic mass is 10.1. The second-order valence-corrected chi connectivity index (χ2v) is 6.88. The van der Waals surface area contributed by atoms with Crippen molar-refractivity contribution in [3.05, 3.63) is 95.7 Å². The predicted octanol–water partition coefficient (Wildman–Crippen LogP) is 5.10. The summed E-state index contributed by atoms with van der Waals surface area (Å²) in [6, 6.07) is 24.0. The van der Waals surface area contributed by atoms with Gasteiger partial charge in [-0.05, 0) is 36.4 Å². The number of nitrogens with zero attached hydrogens (tertiary/aromatic N) is 1. The van der Waals surface area contributed by atoms with Crippen LogP contribution >= 0.6 is 0 Å². The first kappa shape index (κ1) is 20.2. The Morgan fingerprint density at radius 1 is 0.871 bits per heavy atom. The number of hydrogen-bond donors (Lipinski definition) is 1. The molecule has 0 radical (unpaired) electrons. The summed E-state index contributed by atoms with van der Waals surface area (Å²) >= 11 is 0. The third-order valence-corrected chi connectivity index (χ3v) is 4.78. The van der Waals surface area contributed by atoms with Gasteiger partial charge in [-0.1, -0.05) is 36.4 Å². The highest BCUT2D eigenvalue weighted by Gasteiger charge is 2.10. The molecule has 6 heteroatoms. The van der Waals surface area contributed by atoms with Gasteiger partial charge in [-0.25, -0.2) is 9.78 Å². The third-order valence-electron chi connectivity index (χ3n) is 4.78. The zero-order chi connectivity index (χ0) is 21.6. The van der Waals surface area contributed by atoms with E-state index in [2.05, 4.69) is 4.98 Å². The monoisotopic (exact) mass is 415 g/mol. The van der Waals surface area contributed by atoms with Gasteiger partial charge in [0.25, 0.3) is 0 Å². The number of ether oxygens (including phenoxy) is 3. The van der Waals surface area contributed by atoms with Gasteiger partial charge in [-0.15, -0.1) is 0 Å². The fourth-order valence-corrected chi connectivity index (χ4v) is 3.16. The van der Waals surface area contributed by atoms with Crippen LogP contribution in [0.5, 0.6) is 17.2 Å². The van der Waals surface area contributed by atoms with Crippen LogP contribution in [-0.4, -0.2) is 23.2 Å². The zero-order valence-corrected chi connectivity index (χ0v) is 16.9. The van der Waals surface area contributed by atoms with Crippen LogP contribution in [0.1, 0.15) is 21.6 Å². The Morgan fingerprint density at radius 2 is 1.65 bits per heavy atom. The zero-order valence-electron chi connectivity index (χ0n) is 16.9. The van der Waals surface area contributed by atoms with E-state index in [1.165, 1.54) is 19.2 Å². The molecule has 4 aromatic rings. The predicted molar refractivity (Wildman–Crippen MR) is 117 cm³/mol. The number of aromatic nitrogens is 1. The molecule has 6 nitrogen and oxygen atoms in total. The van der Waals surface area contributed by atoms with Crippen molar-refractivity contribution in [1.82, 2.24) is 4.98 Å². The Labute approximate surface area is 179 Å². The van der Waals surface area contributed by atoms with E-state index in [-0.39, 0.29) is 12.2 Å². The number of pyridine rings is 1. The minimum atomic E-state index is -1.00. The van der Waals surface area contributed by atoms with E-state index < -0.39 is 5.97 Å². The van der Waals surface area contributed by atoms with Crippen LogP contribution in [0.15, 0.2) is 78.9 Å². The maximum absolute atomic E-state index is 11.1. The molecule has 4 rings (SSSR count). The molecule has 0 spiro atoms. The molecule has 0 unspecified atom stereocenters. The van der Waals surface area contributed by atoms with Crippen molar-refractivity contribution >= 4 is 16.9 Å². The van der Waals surface area contributed by atoms with Gasteiger partial charge in [0.1, 0.15) is 30.5 Å². The highest BCUT2D eigenvalue weighted by molar-refractivity contribution is 5.88. The number of methoxy groups -OCH3 is 1. The van der Waals surface area contributed by atoms with E-state index in [1.807, 2.05) is 54.6 Å². The highest BCUT2D eigenvalue weighted by Crippen LogP contribution is 2.25. The Hall–Kier alpha value is -4.06. The molecule has 0 bridgehead atoms. The molecule has 1 heterocycles. The SMILES string of the molecule is COc1cc(C(=O)O)ccc1COc1cccc(OCc2ccc3ccccc3n2)c1. The maximum atomic E-state index is 11.1. The molecule has 156 valence electrons. The van der Waals surface area contributed by atoms with Crippen LogP contribution < -0.4 is 14.2 Å². The van der Waals surface area contributed by atoms with Crippen LogP contribution in [0.2, 0.25) is 0 Å². The summed E-state index contributed by atoms with van der Waals surface area (Å²) < 4.78 is 17.0. The lowest BCUT2D eigenvalue weighted by Gasteiger charge is -2.12. The van der Waals surface area contributed by atoms with Crippen molar-refractivity contribution in [2.75, 3.05) is 7.11 Å². The van der Waals surface area contributed by atoms with Crippen LogP contribution in [0.25, 0.3) is 10.9 Å². The standard InChI is InChI=1S/C25H21NO5/c1-29-24-13-18(25(27)28)9-10-19(24)15-30-21-6-4-7-22(14-21)31-16-20-12-11-17-5-2-3-8-23(17)26-20/h2-14H,15-16H2,1H3,(H,27,28). The average Bonchev–Trinajstić information content (AvgIpc) is 2.81. The maximum Gasteiger partial charge on any atom is 0.335 e. The summed E-state index contributed by atoms with van der Waals surface area (Å²) in [7, 11) is 1.50. The first-order valence-corrected chi connectivity index (χ1v) is 9.73. The molecule has 31 heavy (non-hydrogen) atoms. The number of fused-ring (bicyclic) bond motifs is 1. The van der Waals surface area contributed by atoms with E-state index in [0.717, 1.165) is 22.2 Å². The molecule has 3 aromatic carbocycles. The van der Waals surface area contributed by atoms with Gasteiger partial charge >= 0.3 is 5.97 Å². The van der Waals surface area contributed by atoms with Crippen LogP contribution in [0.3, 0.4) is 0 Å². The van der Waals surface area contributed by atoms with Crippen molar-refractivity contribution in [3.8, 4) is 17.2 Å². The summed E-state index contributed by atoms with van der Waals surface area (Å²) in [6.07, 6.45) is 0. The van der Waals surface area contributed by atoms with E-state index in [4.69, 9.17) is 19.3 Å². The number of para-hydroxylation sites is 1. The summed E-state index contributed by atoms with van der Waals surface area (Å²) in [5.41, 5.74) is 2.69. The second kappa shape index (κ2) is 9.17. The Balaban J connectivity index is 1.40. The fourth-order valence-electron chi connectivity index (χ4n) is 3.16. The van der Waals surface area contributed by atoms with Crippen molar-refractivity contribution in [3.63, 3.8) is 0 Å². The molecule has 0 aliphatic carbocycles. The fraction of sp³-hybridized carbons (Fsp3) is 0.120. The first-order valence-electron chi connectivity index (χ1n) is 9.73. The van der Waals surface area contributed by atoms with Crippen LogP contribution in [0.4, 0.5) is 0 Å². The van der Waals surface area contributed by atoms with Gasteiger partial charge < -0.3 is 19.3 Å². The van der Waals surface area contributed by atoms with E-state index >= 15 is 0 Å². The van der Waals surface area contributed by atoms with Crippen molar-refractivity contribution in [2.45, 2.75) is 13.2 Å². The summed E-state index contributed by atoms with van der Waals surface area (Å²) in [5.74, 6) is 0.764. The normalized spacial score (nSPS) is 10.6. The molecule has 1 aromatic heterocycles. The quantitative estimate of drug-likeness (QED) is 0.431. The molecule has 0 aliphatic rings. The second-order valence-electron chi connectivity index (χ2n) is 6.88. The van der Waals surface area contributed by atoms with Crippen LogP contribution in [-0.2, 0) is 13.2 Å². The molecule has 1 N–H and O–H groups in total.